The average Bonchev–Trinajstić information content (AvgIpc) is 3.84. The normalized spacial score (nSPS) is 22.4. The number of rotatable bonds is 8. The lowest BCUT2D eigenvalue weighted by molar-refractivity contribution is -0.121. The standard InChI is InChI=1S/C41H42Cl2N4O4/c1-49-26-18-46(19-26)32-12-10-23-14-25(16-34(50-2)36(23)32)27-6-4-7-28(38(27)42)29-8-5-9-30(39(29)43)31-15-24-11-13-33(37(24)40(45-31)51-3)47-21-41(22-47)17-35(48)44-20-41/h4-9,14-16,26,32-33H,10-13,17-22H2,1-3H3,(H,44,48)/t32-,33+/m0/s1. The molecular formula is C41H42Cl2N4O4. The molecule has 3 aromatic carbocycles. The molecule has 3 fully saturated rings. The van der Waals surface area contributed by atoms with Crippen LogP contribution in [0.2, 0.25) is 10.0 Å². The van der Waals surface area contributed by atoms with Gasteiger partial charge in [0.2, 0.25) is 11.8 Å². The monoisotopic (exact) mass is 724 g/mol. The highest BCUT2D eigenvalue weighted by molar-refractivity contribution is 6.39. The number of carbonyl (C=O) groups is 1. The predicted molar refractivity (Wildman–Crippen MR) is 200 cm³/mol. The molecule has 0 radical (unpaired) electrons. The highest BCUT2D eigenvalue weighted by Gasteiger charge is 2.51. The number of aryl methyl sites for hydroxylation is 2. The highest BCUT2D eigenvalue weighted by atomic mass is 35.5. The molecule has 4 heterocycles. The molecule has 264 valence electrons. The summed E-state index contributed by atoms with van der Waals surface area (Å²) in [5.41, 5.74) is 10.4. The van der Waals surface area contributed by atoms with Crippen molar-refractivity contribution in [3.05, 3.63) is 86.9 Å². The van der Waals surface area contributed by atoms with E-state index in [0.29, 0.717) is 34.5 Å². The van der Waals surface area contributed by atoms with Crippen molar-refractivity contribution < 1.29 is 19.0 Å². The molecule has 3 aliphatic heterocycles. The lowest BCUT2D eigenvalue weighted by Gasteiger charge is -2.50. The van der Waals surface area contributed by atoms with E-state index in [4.69, 9.17) is 42.4 Å². The van der Waals surface area contributed by atoms with E-state index in [9.17, 15) is 4.79 Å². The third kappa shape index (κ3) is 5.45. The number of carbonyl (C=O) groups excluding carboxylic acids is 1. The van der Waals surface area contributed by atoms with Crippen LogP contribution < -0.4 is 14.8 Å². The minimum Gasteiger partial charge on any atom is -0.496 e. The first kappa shape index (κ1) is 33.2. The molecule has 3 saturated heterocycles. The molecule has 10 heteroatoms. The molecule has 2 aliphatic carbocycles. The minimum atomic E-state index is 0.0747. The fraction of sp³-hybridized carbons (Fsp3) is 0.415. The maximum atomic E-state index is 11.9. The first-order valence-electron chi connectivity index (χ1n) is 17.9. The molecule has 1 N–H and O–H groups in total. The molecule has 1 aromatic heterocycles. The Balaban J connectivity index is 1.02. The van der Waals surface area contributed by atoms with E-state index in [1.165, 1.54) is 16.7 Å². The second-order valence-electron chi connectivity index (χ2n) is 15.0. The summed E-state index contributed by atoms with van der Waals surface area (Å²) in [5.74, 6) is 1.72. The minimum absolute atomic E-state index is 0.0747. The number of methoxy groups -OCH3 is 3. The van der Waals surface area contributed by atoms with E-state index < -0.39 is 0 Å². The van der Waals surface area contributed by atoms with Crippen molar-refractivity contribution >= 4 is 29.1 Å². The van der Waals surface area contributed by atoms with Gasteiger partial charge in [0, 0.05) is 97.1 Å². The van der Waals surface area contributed by atoms with Crippen LogP contribution in [0.5, 0.6) is 11.6 Å². The fourth-order valence-corrected chi connectivity index (χ4v) is 10.1. The quantitative estimate of drug-likeness (QED) is 0.201. The van der Waals surface area contributed by atoms with Crippen LogP contribution in [-0.4, -0.2) is 80.8 Å². The first-order valence-corrected chi connectivity index (χ1v) is 18.7. The molecule has 51 heavy (non-hydrogen) atoms. The third-order valence-corrected chi connectivity index (χ3v) is 12.8. The molecule has 9 rings (SSSR count). The van der Waals surface area contributed by atoms with Crippen LogP contribution in [0.3, 0.4) is 0 Å². The Bertz CT molecular complexity index is 2060. The van der Waals surface area contributed by atoms with Crippen LogP contribution in [0, 0.1) is 5.41 Å². The van der Waals surface area contributed by atoms with Crippen LogP contribution in [-0.2, 0) is 22.4 Å². The molecular weight excluding hydrogens is 683 g/mol. The number of amides is 1. The van der Waals surface area contributed by atoms with Crippen molar-refractivity contribution in [3.63, 3.8) is 0 Å². The summed E-state index contributed by atoms with van der Waals surface area (Å²) in [4.78, 5) is 21.9. The van der Waals surface area contributed by atoms with Gasteiger partial charge in [0.15, 0.2) is 0 Å². The van der Waals surface area contributed by atoms with Gasteiger partial charge in [-0.3, -0.25) is 14.6 Å². The van der Waals surface area contributed by atoms with Gasteiger partial charge in [-0.25, -0.2) is 4.98 Å². The van der Waals surface area contributed by atoms with Gasteiger partial charge in [0.1, 0.15) is 5.75 Å². The van der Waals surface area contributed by atoms with Crippen LogP contribution in [0.1, 0.15) is 53.6 Å². The maximum absolute atomic E-state index is 11.9. The van der Waals surface area contributed by atoms with Gasteiger partial charge in [0.05, 0.1) is 36.1 Å². The Morgan fingerprint density at radius 3 is 2.10 bits per heavy atom. The molecule has 5 aliphatic rings. The third-order valence-electron chi connectivity index (χ3n) is 12.0. The number of likely N-dealkylation sites (tertiary alicyclic amines) is 2. The van der Waals surface area contributed by atoms with Gasteiger partial charge in [0.25, 0.3) is 0 Å². The van der Waals surface area contributed by atoms with E-state index in [-0.39, 0.29) is 17.4 Å². The van der Waals surface area contributed by atoms with Gasteiger partial charge in [-0.05, 0) is 54.5 Å². The molecule has 2 atom stereocenters. The SMILES string of the molecule is COc1cc(-c2cccc(-c3cccc(-c4cc5c(c(OC)n4)[C@H](N4CC6(CNC(=O)C6)C4)CC5)c3Cl)c2Cl)cc2c1[C@@H](N1CC(OC)C1)CC2. The van der Waals surface area contributed by atoms with Crippen molar-refractivity contribution in [1.82, 2.24) is 20.1 Å². The zero-order valence-corrected chi connectivity index (χ0v) is 30.7. The second-order valence-corrected chi connectivity index (χ2v) is 15.7. The van der Waals surface area contributed by atoms with Gasteiger partial charge in [-0.15, -0.1) is 0 Å². The number of fused-ring (bicyclic) bond motifs is 2. The summed E-state index contributed by atoms with van der Waals surface area (Å²) < 4.78 is 17.5. The summed E-state index contributed by atoms with van der Waals surface area (Å²) in [6, 6.07) is 19.4. The Morgan fingerprint density at radius 1 is 0.804 bits per heavy atom. The van der Waals surface area contributed by atoms with E-state index >= 15 is 0 Å². The number of ether oxygens (including phenoxy) is 3. The van der Waals surface area contributed by atoms with Gasteiger partial charge < -0.3 is 19.5 Å². The average molecular weight is 726 g/mol. The van der Waals surface area contributed by atoms with Crippen molar-refractivity contribution in [2.75, 3.05) is 54.1 Å². The van der Waals surface area contributed by atoms with Crippen LogP contribution >= 0.6 is 23.2 Å². The smallest absolute Gasteiger partial charge is 0.220 e. The Labute approximate surface area is 309 Å². The van der Waals surface area contributed by atoms with Crippen molar-refractivity contribution in [2.45, 2.75) is 50.3 Å². The van der Waals surface area contributed by atoms with E-state index in [2.05, 4.69) is 39.4 Å². The van der Waals surface area contributed by atoms with Crippen LogP contribution in [0.4, 0.5) is 0 Å². The molecule has 0 saturated carbocycles. The summed E-state index contributed by atoms with van der Waals surface area (Å²) in [7, 11) is 5.24. The number of hydrogen-bond donors (Lipinski definition) is 1. The number of benzene rings is 3. The number of nitrogens with zero attached hydrogens (tertiary/aromatic N) is 3. The Hall–Kier alpha value is -3.66. The van der Waals surface area contributed by atoms with Crippen molar-refractivity contribution in [2.24, 2.45) is 5.41 Å². The lowest BCUT2D eigenvalue weighted by Crippen LogP contribution is -2.58. The number of aromatic nitrogens is 1. The van der Waals surface area contributed by atoms with Crippen molar-refractivity contribution in [3.8, 4) is 45.1 Å². The number of nitrogens with one attached hydrogen (secondary N) is 1. The Kier molecular flexibility index (Phi) is 8.32. The topological polar surface area (TPSA) is 76.2 Å². The first-order chi connectivity index (χ1) is 24.8. The molecule has 1 amide bonds. The lowest BCUT2D eigenvalue weighted by atomic mass is 9.77. The molecule has 8 nitrogen and oxygen atoms in total. The zero-order valence-electron chi connectivity index (χ0n) is 29.2. The maximum Gasteiger partial charge on any atom is 0.220 e. The van der Waals surface area contributed by atoms with E-state index in [0.717, 1.165) is 103 Å². The number of pyridine rings is 1. The summed E-state index contributed by atoms with van der Waals surface area (Å²) >= 11 is 14.6. The summed E-state index contributed by atoms with van der Waals surface area (Å²) in [6.45, 7) is 4.51. The largest absolute Gasteiger partial charge is 0.496 e. The highest BCUT2D eigenvalue weighted by Crippen LogP contribution is 2.51. The zero-order chi connectivity index (χ0) is 35.0. The van der Waals surface area contributed by atoms with Gasteiger partial charge in [-0.2, -0.15) is 0 Å². The molecule has 0 unspecified atom stereocenters. The molecule has 4 aromatic rings. The predicted octanol–water partition coefficient (Wildman–Crippen LogP) is 7.53. The van der Waals surface area contributed by atoms with Crippen molar-refractivity contribution in [1.29, 1.82) is 0 Å². The number of halogens is 2. The molecule has 0 bridgehead atoms. The van der Waals surface area contributed by atoms with E-state index in [1.54, 1.807) is 21.3 Å². The van der Waals surface area contributed by atoms with Gasteiger partial charge >= 0.3 is 0 Å². The number of hydrogen-bond acceptors (Lipinski definition) is 7. The second kappa shape index (κ2) is 12.8. The van der Waals surface area contributed by atoms with Crippen LogP contribution in [0.15, 0.2) is 54.6 Å². The summed E-state index contributed by atoms with van der Waals surface area (Å²) in [6.07, 6.45) is 4.95. The molecule has 1 spiro atoms. The van der Waals surface area contributed by atoms with Crippen LogP contribution in [0.25, 0.3) is 33.5 Å². The Morgan fingerprint density at radius 2 is 1.45 bits per heavy atom. The van der Waals surface area contributed by atoms with Gasteiger partial charge in [-0.1, -0.05) is 65.7 Å². The van der Waals surface area contributed by atoms with E-state index in [1.807, 2.05) is 30.3 Å². The fourth-order valence-electron chi connectivity index (χ4n) is 9.42. The summed E-state index contributed by atoms with van der Waals surface area (Å²) in [5, 5.41) is 4.26.